The van der Waals surface area contributed by atoms with Gasteiger partial charge in [-0.1, -0.05) is 70.4 Å². The highest BCUT2D eigenvalue weighted by Gasteiger charge is 2.45. The fourth-order valence-corrected chi connectivity index (χ4v) is 4.70. The number of hydrogen-bond acceptors (Lipinski definition) is 3. The Balaban J connectivity index is 0.000000557. The summed E-state index contributed by atoms with van der Waals surface area (Å²) >= 11 is 5.74. The second-order valence-corrected chi connectivity index (χ2v) is 10.9. The lowest BCUT2D eigenvalue weighted by Gasteiger charge is -2.49. The largest absolute Gasteiger partial charge is 0.417 e. The first kappa shape index (κ1) is 31.1. The molecule has 0 saturated heterocycles. The van der Waals surface area contributed by atoms with Gasteiger partial charge in [0.05, 0.1) is 17.2 Å². The third-order valence-corrected chi connectivity index (χ3v) is 7.49. The maximum Gasteiger partial charge on any atom is 0.417 e. The minimum absolute atomic E-state index is 0.178. The first-order valence-corrected chi connectivity index (χ1v) is 14.1. The lowest BCUT2D eigenvalue weighted by Crippen LogP contribution is -2.60. The number of thiocarbonyl (C=S) groups is 1. The van der Waals surface area contributed by atoms with Crippen LogP contribution in [0.1, 0.15) is 70.4 Å². The Bertz CT molecular complexity index is 1370. The van der Waals surface area contributed by atoms with E-state index < -0.39 is 22.8 Å². The van der Waals surface area contributed by atoms with Crippen LogP contribution in [0.15, 0.2) is 60.7 Å². The van der Waals surface area contributed by atoms with Crippen molar-refractivity contribution in [3.8, 4) is 6.07 Å². The molecule has 0 atom stereocenters. The number of alkyl halides is 3. The van der Waals surface area contributed by atoms with Crippen LogP contribution in [0.2, 0.25) is 0 Å². The van der Waals surface area contributed by atoms with Crippen LogP contribution < -0.4 is 9.80 Å². The van der Waals surface area contributed by atoms with E-state index in [4.69, 9.17) is 17.5 Å². The molecule has 0 radical (unpaired) electrons. The molecule has 3 aromatic rings. The van der Waals surface area contributed by atoms with E-state index in [1.165, 1.54) is 30.2 Å². The summed E-state index contributed by atoms with van der Waals surface area (Å²) in [5.41, 5.74) is -1.46. The van der Waals surface area contributed by atoms with E-state index in [9.17, 15) is 18.0 Å². The summed E-state index contributed by atoms with van der Waals surface area (Å²) in [7, 11) is 1.56. The van der Waals surface area contributed by atoms with Crippen LogP contribution in [0.3, 0.4) is 0 Å². The average molecular weight is 568 g/mol. The molecule has 0 N–H and O–H groups in total. The van der Waals surface area contributed by atoms with Gasteiger partial charge in [-0.05, 0) is 78.5 Å². The number of nitrogens with zero attached hydrogens (tertiary/aromatic N) is 3. The summed E-state index contributed by atoms with van der Waals surface area (Å²) in [4.78, 5) is 15.4. The summed E-state index contributed by atoms with van der Waals surface area (Å²) in [5, 5.41) is 11.3. The predicted octanol–water partition coefficient (Wildman–Crippen LogP) is 8.91. The number of carbonyl (C=O) groups is 1. The van der Waals surface area contributed by atoms with Gasteiger partial charge in [0.2, 0.25) is 0 Å². The van der Waals surface area contributed by atoms with E-state index >= 15 is 0 Å². The van der Waals surface area contributed by atoms with Crippen molar-refractivity contribution < 1.29 is 18.0 Å². The summed E-state index contributed by atoms with van der Waals surface area (Å²) < 4.78 is 40.5. The molecule has 0 bridgehead atoms. The third kappa shape index (κ3) is 7.19. The topological polar surface area (TPSA) is 47.3 Å². The van der Waals surface area contributed by atoms with Crippen molar-refractivity contribution in [1.29, 1.82) is 5.26 Å². The summed E-state index contributed by atoms with van der Waals surface area (Å²) in [6.07, 6.45) is 2.46. The number of carbonyl (C=O) groups excluding carboxylic acids is 1. The maximum atomic E-state index is 13.5. The van der Waals surface area contributed by atoms with Crippen LogP contribution >= 0.6 is 12.2 Å². The summed E-state index contributed by atoms with van der Waals surface area (Å²) in [6.45, 7) is 6.53. The summed E-state index contributed by atoms with van der Waals surface area (Å²) in [6, 6.07) is 18.6. The monoisotopic (exact) mass is 567 g/mol. The lowest BCUT2D eigenvalue weighted by atomic mass is 9.76. The van der Waals surface area contributed by atoms with Gasteiger partial charge in [-0.2, -0.15) is 18.4 Å². The molecule has 0 aromatic heterocycles. The Hall–Kier alpha value is -3.44. The molecule has 3 aromatic carbocycles. The maximum absolute atomic E-state index is 13.5. The Morgan fingerprint density at radius 3 is 2.10 bits per heavy atom. The van der Waals surface area contributed by atoms with Crippen molar-refractivity contribution in [3.05, 3.63) is 71.8 Å². The van der Waals surface area contributed by atoms with Gasteiger partial charge in [-0.15, -0.1) is 0 Å². The highest BCUT2D eigenvalue weighted by molar-refractivity contribution is 7.80. The number of hydrogen-bond donors (Lipinski definition) is 0. The van der Waals surface area contributed by atoms with Gasteiger partial charge in [0.1, 0.15) is 11.8 Å². The molecule has 8 heteroatoms. The van der Waals surface area contributed by atoms with Crippen molar-refractivity contribution >= 4 is 45.8 Å². The van der Waals surface area contributed by atoms with E-state index in [0.29, 0.717) is 18.5 Å². The Morgan fingerprint density at radius 2 is 1.62 bits per heavy atom. The second kappa shape index (κ2) is 13.3. The van der Waals surface area contributed by atoms with Crippen LogP contribution in [0, 0.1) is 17.2 Å². The van der Waals surface area contributed by atoms with Gasteiger partial charge >= 0.3 is 6.18 Å². The number of rotatable bonds is 4. The fraction of sp³-hybridized carbons (Fsp3) is 0.406. The highest BCUT2D eigenvalue weighted by Crippen LogP contribution is 2.41. The zero-order valence-electron chi connectivity index (χ0n) is 23.5. The number of nitriles is 1. The normalized spacial score (nSPS) is 15.2. The first-order chi connectivity index (χ1) is 19.0. The van der Waals surface area contributed by atoms with E-state index in [0.717, 1.165) is 41.5 Å². The zero-order chi connectivity index (χ0) is 29.5. The van der Waals surface area contributed by atoms with E-state index in [2.05, 4.69) is 20.8 Å². The molecular weight excluding hydrogens is 531 g/mol. The molecular formula is C32H36F3N3OS. The van der Waals surface area contributed by atoms with Gasteiger partial charge in [-0.25, -0.2) is 0 Å². The molecule has 2 aliphatic carbocycles. The molecule has 212 valence electrons. The van der Waals surface area contributed by atoms with Crippen molar-refractivity contribution in [3.63, 3.8) is 0 Å². The molecule has 0 spiro atoms. The summed E-state index contributed by atoms with van der Waals surface area (Å²) in [5.74, 6) is 1.08. The van der Waals surface area contributed by atoms with Gasteiger partial charge in [-0.3, -0.25) is 0 Å². The minimum atomic E-state index is -4.68. The van der Waals surface area contributed by atoms with Crippen molar-refractivity contribution in [1.82, 2.24) is 0 Å². The fourth-order valence-electron chi connectivity index (χ4n) is 4.31. The molecule has 5 rings (SSSR count). The van der Waals surface area contributed by atoms with Crippen molar-refractivity contribution in [2.75, 3.05) is 16.8 Å². The Labute approximate surface area is 240 Å². The van der Waals surface area contributed by atoms with E-state index in [-0.39, 0.29) is 10.8 Å². The third-order valence-electron chi connectivity index (χ3n) is 7.04. The number of anilines is 2. The molecule has 0 amide bonds. The molecule has 4 nitrogen and oxygen atoms in total. The molecule has 2 saturated carbocycles. The van der Waals surface area contributed by atoms with Crippen molar-refractivity contribution in [2.24, 2.45) is 5.92 Å². The van der Waals surface area contributed by atoms with Gasteiger partial charge in [0, 0.05) is 18.4 Å². The number of fused-ring (bicyclic) bond motifs is 1. The van der Waals surface area contributed by atoms with Gasteiger partial charge in [0.25, 0.3) is 0 Å². The van der Waals surface area contributed by atoms with Crippen LogP contribution in [-0.2, 0) is 11.0 Å². The first-order valence-electron chi connectivity index (χ1n) is 13.7. The second-order valence-electron chi connectivity index (χ2n) is 10.5. The standard InChI is InChI=1S/C25H20F3N3OS.C4H8.C3H8/c1-30(20-9-8-19(15-29)22(14-20)25(26,27)28)23(33)31(24(16-32)11-4-12-24)21-10-7-17-5-2-3-6-18(17)13-21;1-4-2-3-4;1-3-2/h2-3,5-10,13-14,16H,4,11-12H2,1H3;4H,2-3H2,1H3;3H2,1-2H3. The van der Waals surface area contributed by atoms with E-state index in [1.807, 2.05) is 42.5 Å². The van der Waals surface area contributed by atoms with Gasteiger partial charge < -0.3 is 14.6 Å². The van der Waals surface area contributed by atoms with Gasteiger partial charge in [0.15, 0.2) is 5.11 Å². The van der Waals surface area contributed by atoms with E-state index in [1.54, 1.807) is 18.0 Å². The molecule has 0 heterocycles. The predicted molar refractivity (Wildman–Crippen MR) is 161 cm³/mol. The number of halogens is 3. The van der Waals surface area contributed by atoms with Crippen LogP contribution in [0.4, 0.5) is 24.5 Å². The number of aldehydes is 1. The Kier molecular flexibility index (Phi) is 10.3. The molecule has 2 fully saturated rings. The molecule has 0 aliphatic heterocycles. The minimum Gasteiger partial charge on any atom is -0.322 e. The highest BCUT2D eigenvalue weighted by atomic mass is 32.1. The smallest absolute Gasteiger partial charge is 0.322 e. The van der Waals surface area contributed by atoms with Crippen LogP contribution in [-0.4, -0.2) is 24.0 Å². The SMILES string of the molecule is CC1CC1.CCC.CN(C(=S)N(c1ccc2ccccc2c1)C1(C=O)CCC1)c1ccc(C#N)c(C(F)(F)F)c1. The molecule has 40 heavy (non-hydrogen) atoms. The number of benzene rings is 3. The zero-order valence-corrected chi connectivity index (χ0v) is 24.3. The average Bonchev–Trinajstić information content (AvgIpc) is 3.71. The quantitative estimate of drug-likeness (QED) is 0.233. The van der Waals surface area contributed by atoms with Crippen molar-refractivity contribution in [2.45, 2.75) is 71.0 Å². The molecule has 2 aliphatic rings. The van der Waals surface area contributed by atoms with Crippen LogP contribution in [0.5, 0.6) is 0 Å². The lowest BCUT2D eigenvalue weighted by molar-refractivity contribution is -0.137. The van der Waals surface area contributed by atoms with Crippen LogP contribution in [0.25, 0.3) is 10.8 Å². The molecule has 0 unspecified atom stereocenters. The Morgan fingerprint density at radius 1 is 1.05 bits per heavy atom.